The molecule has 2 unspecified atom stereocenters. The average molecular weight is 191 g/mol. The van der Waals surface area contributed by atoms with Gasteiger partial charge in [-0.3, -0.25) is 14.8 Å². The molecule has 2 bridgehead atoms. The van der Waals surface area contributed by atoms with E-state index in [2.05, 4.69) is 17.1 Å². The smallest absolute Gasteiger partial charge is 0.242 e. The van der Waals surface area contributed by atoms with E-state index < -0.39 is 0 Å². The zero-order chi connectivity index (χ0) is 9.38. The molecule has 2 N–H and O–H groups in total. The second kappa shape index (κ2) is 3.33. The number of nitrogens with one attached hydrogen (secondary N) is 2. The van der Waals surface area contributed by atoms with Crippen molar-refractivity contribution >= 4 is 0 Å². The first kappa shape index (κ1) is 8.38. The molecule has 0 radical (unpaired) electrons. The van der Waals surface area contributed by atoms with Gasteiger partial charge in [0.05, 0.1) is 18.7 Å². The summed E-state index contributed by atoms with van der Waals surface area (Å²) in [7, 11) is 0. The van der Waals surface area contributed by atoms with Gasteiger partial charge in [-0.05, 0) is 12.1 Å². The van der Waals surface area contributed by atoms with Crippen molar-refractivity contribution in [3.05, 3.63) is 30.1 Å². The average Bonchev–Trinajstić information content (AvgIpc) is 2.50. The van der Waals surface area contributed by atoms with E-state index in [4.69, 9.17) is 0 Å². The molecule has 2 fully saturated rings. The standard InChI is InChI=1S/C11H15N3/c1-3-10(9-12-4-1)11-13-5-2-6-14(11)8-7-13/h1,3-4,9,11H,2,5-8H2/p+2. The molecule has 2 atom stereocenters. The van der Waals surface area contributed by atoms with Crippen LogP contribution in [0.1, 0.15) is 18.2 Å². The van der Waals surface area contributed by atoms with Crippen molar-refractivity contribution in [2.24, 2.45) is 0 Å². The Labute approximate surface area is 84.3 Å². The van der Waals surface area contributed by atoms with Gasteiger partial charge >= 0.3 is 0 Å². The number of rotatable bonds is 1. The topological polar surface area (TPSA) is 21.8 Å². The van der Waals surface area contributed by atoms with Gasteiger partial charge in [0.1, 0.15) is 13.1 Å². The van der Waals surface area contributed by atoms with Crippen LogP contribution in [-0.4, -0.2) is 31.2 Å². The molecule has 2 aliphatic heterocycles. The molecule has 3 rings (SSSR count). The van der Waals surface area contributed by atoms with E-state index in [-0.39, 0.29) is 0 Å². The normalized spacial score (nSPS) is 35.9. The van der Waals surface area contributed by atoms with Crippen LogP contribution in [0.15, 0.2) is 24.5 Å². The lowest BCUT2D eigenvalue weighted by atomic mass is 10.1. The van der Waals surface area contributed by atoms with Crippen LogP contribution >= 0.6 is 0 Å². The lowest BCUT2D eigenvalue weighted by Crippen LogP contribution is -3.26. The highest BCUT2D eigenvalue weighted by Crippen LogP contribution is 2.04. The maximum Gasteiger partial charge on any atom is 0.242 e. The minimum Gasteiger partial charge on any atom is -0.277 e. The third kappa shape index (κ3) is 1.24. The molecule has 3 nitrogen and oxygen atoms in total. The Morgan fingerprint density at radius 1 is 1.14 bits per heavy atom. The fourth-order valence-corrected chi connectivity index (χ4v) is 3.00. The third-order valence-electron chi connectivity index (χ3n) is 3.60. The minimum absolute atomic E-state index is 0.678. The zero-order valence-electron chi connectivity index (χ0n) is 8.37. The molecule has 3 heterocycles. The number of hydrogen-bond donors (Lipinski definition) is 2. The first-order valence-corrected chi connectivity index (χ1v) is 5.54. The molecule has 1 aromatic rings. The van der Waals surface area contributed by atoms with Gasteiger partial charge in [-0.2, -0.15) is 0 Å². The van der Waals surface area contributed by atoms with E-state index in [0.717, 1.165) is 0 Å². The van der Waals surface area contributed by atoms with Crippen LogP contribution in [0.25, 0.3) is 0 Å². The first-order valence-electron chi connectivity index (χ1n) is 5.54. The van der Waals surface area contributed by atoms with Crippen LogP contribution < -0.4 is 9.80 Å². The summed E-state index contributed by atoms with van der Waals surface area (Å²) in [5, 5.41) is 0. The van der Waals surface area contributed by atoms with E-state index in [9.17, 15) is 0 Å². The number of nitrogens with zero attached hydrogens (tertiary/aromatic N) is 1. The summed E-state index contributed by atoms with van der Waals surface area (Å²) in [5.74, 6) is 0. The lowest BCUT2D eigenvalue weighted by molar-refractivity contribution is -1.09. The molecule has 0 saturated carbocycles. The Kier molecular flexibility index (Phi) is 2.00. The highest BCUT2D eigenvalue weighted by molar-refractivity contribution is 5.09. The number of hydrogen-bond acceptors (Lipinski definition) is 1. The maximum atomic E-state index is 4.23. The molecule has 14 heavy (non-hydrogen) atoms. The fourth-order valence-electron chi connectivity index (χ4n) is 3.00. The van der Waals surface area contributed by atoms with E-state index in [1.54, 1.807) is 9.80 Å². The van der Waals surface area contributed by atoms with Gasteiger partial charge in [-0.15, -0.1) is 0 Å². The Bertz CT molecular complexity index is 296. The predicted octanol–water partition coefficient (Wildman–Crippen LogP) is -1.73. The minimum atomic E-state index is 0.678. The molecule has 3 heteroatoms. The second-order valence-corrected chi connectivity index (χ2v) is 4.39. The molecule has 2 saturated heterocycles. The molecule has 0 aliphatic carbocycles. The van der Waals surface area contributed by atoms with Gasteiger partial charge in [0.15, 0.2) is 0 Å². The molecular weight excluding hydrogens is 174 g/mol. The zero-order valence-corrected chi connectivity index (χ0v) is 8.37. The highest BCUT2D eigenvalue weighted by atomic mass is 15.4. The van der Waals surface area contributed by atoms with Crippen molar-refractivity contribution in [2.45, 2.75) is 12.6 Å². The maximum absolute atomic E-state index is 4.23. The quantitative estimate of drug-likeness (QED) is 0.541. The largest absolute Gasteiger partial charge is 0.277 e. The molecule has 0 aromatic carbocycles. The summed E-state index contributed by atoms with van der Waals surface area (Å²) in [6.07, 6.45) is 5.98. The highest BCUT2D eigenvalue weighted by Gasteiger charge is 2.43. The van der Waals surface area contributed by atoms with Crippen LogP contribution in [0.5, 0.6) is 0 Å². The van der Waals surface area contributed by atoms with Gasteiger partial charge in [0.25, 0.3) is 0 Å². The summed E-state index contributed by atoms with van der Waals surface area (Å²) < 4.78 is 0. The molecule has 0 spiro atoms. The van der Waals surface area contributed by atoms with Crippen LogP contribution in [-0.2, 0) is 0 Å². The van der Waals surface area contributed by atoms with Gasteiger partial charge in [-0.25, -0.2) is 0 Å². The molecule has 1 aromatic heterocycles. The van der Waals surface area contributed by atoms with Crippen LogP contribution in [0.2, 0.25) is 0 Å². The van der Waals surface area contributed by atoms with Crippen LogP contribution in [0, 0.1) is 0 Å². The second-order valence-electron chi connectivity index (χ2n) is 4.39. The summed E-state index contributed by atoms with van der Waals surface area (Å²) in [4.78, 5) is 7.76. The molecule has 0 amide bonds. The van der Waals surface area contributed by atoms with E-state index in [1.165, 1.54) is 38.2 Å². The SMILES string of the molecule is c1cncc(C2[NH+]3CCC[NH+]2CC3)c1. The van der Waals surface area contributed by atoms with Crippen molar-refractivity contribution in [1.82, 2.24) is 4.98 Å². The van der Waals surface area contributed by atoms with Crippen molar-refractivity contribution in [3.63, 3.8) is 0 Å². The van der Waals surface area contributed by atoms with Crippen molar-refractivity contribution in [2.75, 3.05) is 26.2 Å². The van der Waals surface area contributed by atoms with Crippen molar-refractivity contribution in [3.8, 4) is 0 Å². The number of quaternary nitrogens is 2. The van der Waals surface area contributed by atoms with Gasteiger partial charge in [0, 0.05) is 18.8 Å². The number of fused-ring (bicyclic) bond motifs is 2. The molecular formula is C11H17N3+2. The van der Waals surface area contributed by atoms with Gasteiger partial charge in [-0.1, -0.05) is 0 Å². The Balaban J connectivity index is 1.92. The Hall–Kier alpha value is -0.930. The van der Waals surface area contributed by atoms with E-state index in [0.29, 0.717) is 6.17 Å². The molecule has 2 aliphatic rings. The third-order valence-corrected chi connectivity index (χ3v) is 3.60. The van der Waals surface area contributed by atoms with Crippen LogP contribution in [0.3, 0.4) is 0 Å². The van der Waals surface area contributed by atoms with Gasteiger partial charge in [0.2, 0.25) is 6.17 Å². The lowest BCUT2D eigenvalue weighted by Gasteiger charge is -2.28. The van der Waals surface area contributed by atoms with E-state index >= 15 is 0 Å². The summed E-state index contributed by atoms with van der Waals surface area (Å²) in [6.45, 7) is 5.38. The van der Waals surface area contributed by atoms with Crippen molar-refractivity contribution < 1.29 is 9.80 Å². The number of pyridine rings is 1. The van der Waals surface area contributed by atoms with Crippen LogP contribution in [0.4, 0.5) is 0 Å². The fraction of sp³-hybridized carbons (Fsp3) is 0.545. The molecule has 74 valence electrons. The Morgan fingerprint density at radius 3 is 2.57 bits per heavy atom. The Morgan fingerprint density at radius 2 is 1.93 bits per heavy atom. The van der Waals surface area contributed by atoms with Gasteiger partial charge < -0.3 is 0 Å². The summed E-state index contributed by atoms with van der Waals surface area (Å²) >= 11 is 0. The summed E-state index contributed by atoms with van der Waals surface area (Å²) in [5.41, 5.74) is 1.43. The summed E-state index contributed by atoms with van der Waals surface area (Å²) in [6, 6.07) is 4.29. The number of aromatic nitrogens is 1. The van der Waals surface area contributed by atoms with Crippen molar-refractivity contribution in [1.29, 1.82) is 0 Å². The monoisotopic (exact) mass is 191 g/mol. The predicted molar refractivity (Wildman–Crippen MR) is 53.0 cm³/mol. The first-order chi connectivity index (χ1) is 6.95. The van der Waals surface area contributed by atoms with E-state index in [1.807, 2.05) is 12.4 Å².